The van der Waals surface area contributed by atoms with Crippen molar-refractivity contribution in [3.63, 3.8) is 0 Å². The number of nitrogens with one attached hydrogen (secondary N) is 2. The lowest BCUT2D eigenvalue weighted by atomic mass is 9.88. The van der Waals surface area contributed by atoms with Crippen LogP contribution in [0.4, 0.5) is 11.4 Å². The van der Waals surface area contributed by atoms with E-state index in [9.17, 15) is 9.59 Å². The second-order valence-corrected chi connectivity index (χ2v) is 9.53. The summed E-state index contributed by atoms with van der Waals surface area (Å²) in [4.78, 5) is 26.3. The minimum Gasteiger partial charge on any atom is -0.326 e. The summed E-state index contributed by atoms with van der Waals surface area (Å²) < 4.78 is 0. The highest BCUT2D eigenvalue weighted by molar-refractivity contribution is 8.00. The Hall–Kier alpha value is -1.98. The molecule has 3 rings (SSSR count). The monoisotopic (exact) mass is 444 g/mol. The van der Waals surface area contributed by atoms with E-state index >= 15 is 0 Å². The van der Waals surface area contributed by atoms with Crippen molar-refractivity contribution in [3.8, 4) is 0 Å². The maximum atomic E-state index is 12.8. The Labute approximate surface area is 188 Å². The largest absolute Gasteiger partial charge is 0.326 e. The SMILES string of the molecule is CCC(Sc1cccc(NC(=O)C2CCCCC2)c1)C(=O)Nc1cc(Cl)ccc1C. The van der Waals surface area contributed by atoms with E-state index in [1.54, 1.807) is 6.07 Å². The third-order valence-electron chi connectivity index (χ3n) is 5.48. The van der Waals surface area contributed by atoms with Crippen LogP contribution in [0.1, 0.15) is 51.0 Å². The number of rotatable bonds is 7. The van der Waals surface area contributed by atoms with Crippen LogP contribution < -0.4 is 10.6 Å². The van der Waals surface area contributed by atoms with Gasteiger partial charge in [0.15, 0.2) is 0 Å². The van der Waals surface area contributed by atoms with Gasteiger partial charge < -0.3 is 10.6 Å². The zero-order chi connectivity index (χ0) is 21.5. The van der Waals surface area contributed by atoms with Crippen LogP contribution in [0, 0.1) is 12.8 Å². The first-order valence-electron chi connectivity index (χ1n) is 10.6. The predicted molar refractivity (Wildman–Crippen MR) is 126 cm³/mol. The van der Waals surface area contributed by atoms with Crippen molar-refractivity contribution in [1.29, 1.82) is 0 Å². The number of thioether (sulfide) groups is 1. The van der Waals surface area contributed by atoms with Crippen molar-refractivity contribution in [3.05, 3.63) is 53.1 Å². The number of hydrogen-bond acceptors (Lipinski definition) is 3. The van der Waals surface area contributed by atoms with Gasteiger partial charge in [0.1, 0.15) is 0 Å². The lowest BCUT2D eigenvalue weighted by molar-refractivity contribution is -0.120. The lowest BCUT2D eigenvalue weighted by Gasteiger charge is -2.21. The van der Waals surface area contributed by atoms with Crippen LogP contribution in [0.2, 0.25) is 5.02 Å². The molecule has 1 atom stereocenters. The van der Waals surface area contributed by atoms with Crippen LogP contribution in [-0.2, 0) is 9.59 Å². The van der Waals surface area contributed by atoms with Crippen LogP contribution in [0.3, 0.4) is 0 Å². The summed E-state index contributed by atoms with van der Waals surface area (Å²) in [5, 5.41) is 6.41. The lowest BCUT2D eigenvalue weighted by Crippen LogP contribution is -2.25. The van der Waals surface area contributed by atoms with Crippen molar-refractivity contribution in [2.24, 2.45) is 5.92 Å². The smallest absolute Gasteiger partial charge is 0.237 e. The van der Waals surface area contributed by atoms with Gasteiger partial charge in [-0.2, -0.15) is 0 Å². The highest BCUT2D eigenvalue weighted by Crippen LogP contribution is 2.30. The van der Waals surface area contributed by atoms with Gasteiger partial charge in [0, 0.05) is 27.2 Å². The molecule has 1 saturated carbocycles. The number of halogens is 1. The topological polar surface area (TPSA) is 58.2 Å². The predicted octanol–water partition coefficient (Wildman–Crippen LogP) is 6.68. The molecule has 1 unspecified atom stereocenters. The molecule has 1 aliphatic carbocycles. The molecule has 160 valence electrons. The van der Waals surface area contributed by atoms with Crippen LogP contribution in [-0.4, -0.2) is 17.1 Å². The Morgan fingerprint density at radius 2 is 1.87 bits per heavy atom. The molecule has 1 aliphatic rings. The average Bonchev–Trinajstić information content (AvgIpc) is 2.75. The number of carbonyl (C=O) groups excluding carboxylic acids is 2. The Morgan fingerprint density at radius 3 is 2.60 bits per heavy atom. The third kappa shape index (κ3) is 6.26. The van der Waals surface area contributed by atoms with Gasteiger partial charge in [-0.25, -0.2) is 0 Å². The summed E-state index contributed by atoms with van der Waals surface area (Å²) in [5.41, 5.74) is 2.50. The summed E-state index contributed by atoms with van der Waals surface area (Å²) in [6.07, 6.45) is 6.13. The quantitative estimate of drug-likeness (QED) is 0.468. The molecular formula is C24H29ClN2O2S. The van der Waals surface area contributed by atoms with E-state index in [-0.39, 0.29) is 23.0 Å². The number of anilines is 2. The number of amides is 2. The van der Waals surface area contributed by atoms with E-state index in [0.717, 1.165) is 47.5 Å². The summed E-state index contributed by atoms with van der Waals surface area (Å²) in [6, 6.07) is 13.2. The first-order valence-corrected chi connectivity index (χ1v) is 11.9. The first-order chi connectivity index (χ1) is 14.5. The van der Waals surface area contributed by atoms with Gasteiger partial charge in [0.05, 0.1) is 5.25 Å². The van der Waals surface area contributed by atoms with E-state index in [1.165, 1.54) is 18.2 Å². The van der Waals surface area contributed by atoms with Gasteiger partial charge in [-0.1, -0.05) is 49.9 Å². The molecule has 0 aromatic heterocycles. The fourth-order valence-electron chi connectivity index (χ4n) is 3.68. The van der Waals surface area contributed by atoms with Crippen molar-refractivity contribution in [2.45, 2.75) is 62.5 Å². The molecule has 0 saturated heterocycles. The minimum absolute atomic E-state index is 0.0514. The minimum atomic E-state index is -0.243. The van der Waals surface area contributed by atoms with Crippen LogP contribution in [0.5, 0.6) is 0 Å². The maximum Gasteiger partial charge on any atom is 0.237 e. The van der Waals surface area contributed by atoms with Gasteiger partial charge in [0.25, 0.3) is 0 Å². The fraction of sp³-hybridized carbons (Fsp3) is 0.417. The summed E-state index contributed by atoms with van der Waals surface area (Å²) in [5.74, 6) is 0.174. The molecule has 0 aliphatic heterocycles. The van der Waals surface area contributed by atoms with Gasteiger partial charge in [0.2, 0.25) is 11.8 Å². The molecule has 0 bridgehead atoms. The van der Waals surface area contributed by atoms with Crippen molar-refractivity contribution in [1.82, 2.24) is 0 Å². The summed E-state index contributed by atoms with van der Waals surface area (Å²) in [6.45, 7) is 3.94. The molecular weight excluding hydrogens is 416 g/mol. The number of carbonyl (C=O) groups is 2. The molecule has 30 heavy (non-hydrogen) atoms. The Kier molecular flexibility index (Phi) is 8.23. The zero-order valence-corrected chi connectivity index (χ0v) is 19.1. The van der Waals surface area contributed by atoms with Crippen LogP contribution in [0.25, 0.3) is 0 Å². The first kappa shape index (κ1) is 22.7. The fourth-order valence-corrected chi connectivity index (χ4v) is 4.87. The van der Waals surface area contributed by atoms with Gasteiger partial charge >= 0.3 is 0 Å². The van der Waals surface area contributed by atoms with Crippen molar-refractivity contribution in [2.75, 3.05) is 10.6 Å². The Bertz CT molecular complexity index is 897. The normalized spacial score (nSPS) is 15.4. The second kappa shape index (κ2) is 10.9. The molecule has 2 aromatic rings. The molecule has 1 fully saturated rings. The molecule has 6 heteroatoms. The number of hydrogen-bond donors (Lipinski definition) is 2. The third-order valence-corrected chi connectivity index (χ3v) is 7.07. The Balaban J connectivity index is 1.63. The van der Waals surface area contributed by atoms with Gasteiger partial charge in [-0.15, -0.1) is 11.8 Å². The molecule has 0 radical (unpaired) electrons. The van der Waals surface area contributed by atoms with Gasteiger partial charge in [-0.3, -0.25) is 9.59 Å². The average molecular weight is 445 g/mol. The summed E-state index contributed by atoms with van der Waals surface area (Å²) >= 11 is 7.57. The molecule has 0 spiro atoms. The molecule has 4 nitrogen and oxygen atoms in total. The van der Waals surface area contributed by atoms with Crippen LogP contribution in [0.15, 0.2) is 47.4 Å². The molecule has 0 heterocycles. The van der Waals surface area contributed by atoms with E-state index in [0.29, 0.717) is 11.4 Å². The summed E-state index contributed by atoms with van der Waals surface area (Å²) in [7, 11) is 0. The number of benzene rings is 2. The van der Waals surface area contributed by atoms with Gasteiger partial charge in [-0.05, 0) is 62.1 Å². The van der Waals surface area contributed by atoms with Crippen molar-refractivity contribution >= 4 is 46.6 Å². The highest BCUT2D eigenvalue weighted by atomic mass is 35.5. The molecule has 2 N–H and O–H groups in total. The van der Waals surface area contributed by atoms with E-state index in [2.05, 4.69) is 10.6 Å². The highest BCUT2D eigenvalue weighted by Gasteiger charge is 2.22. The van der Waals surface area contributed by atoms with Crippen molar-refractivity contribution < 1.29 is 9.59 Å². The second-order valence-electron chi connectivity index (χ2n) is 7.82. The van der Waals surface area contributed by atoms with E-state index in [1.807, 2.05) is 50.2 Å². The molecule has 2 amide bonds. The van der Waals surface area contributed by atoms with E-state index in [4.69, 9.17) is 11.6 Å². The van der Waals surface area contributed by atoms with Crippen LogP contribution >= 0.6 is 23.4 Å². The van der Waals surface area contributed by atoms with E-state index < -0.39 is 0 Å². The standard InChI is InChI=1S/C24H29ClN2O2S/c1-3-22(24(29)27-21-14-18(25)13-12-16(21)2)30-20-11-7-10-19(15-20)26-23(28)17-8-5-4-6-9-17/h7,10-15,17,22H,3-6,8-9H2,1-2H3,(H,26,28)(H,27,29). The zero-order valence-electron chi connectivity index (χ0n) is 17.5. The Morgan fingerprint density at radius 1 is 1.10 bits per heavy atom. The maximum absolute atomic E-state index is 12.8. The molecule has 2 aromatic carbocycles. The number of aryl methyl sites for hydroxylation is 1.